The highest BCUT2D eigenvalue weighted by Crippen LogP contribution is 2.50. The summed E-state index contributed by atoms with van der Waals surface area (Å²) in [5.41, 5.74) is 4.69. The number of anilines is 1. The van der Waals surface area contributed by atoms with Crippen LogP contribution in [0.5, 0.6) is 0 Å². The van der Waals surface area contributed by atoms with E-state index in [-0.39, 0.29) is 35.2 Å². The number of esters is 2. The van der Waals surface area contributed by atoms with Crippen LogP contribution in [0.15, 0.2) is 12.7 Å². The van der Waals surface area contributed by atoms with E-state index in [0.29, 0.717) is 17.7 Å². The first-order chi connectivity index (χ1) is 21.9. The first-order valence-electron chi connectivity index (χ1n) is 17.1. The van der Waals surface area contributed by atoms with Crippen LogP contribution in [0.3, 0.4) is 0 Å². The van der Waals surface area contributed by atoms with Crippen LogP contribution >= 0.6 is 7.44 Å². The lowest BCUT2D eigenvalue weighted by molar-refractivity contribution is -0.168. The molecule has 2 aliphatic rings. The van der Waals surface area contributed by atoms with Gasteiger partial charge in [-0.05, 0) is 71.1 Å². The van der Waals surface area contributed by atoms with Gasteiger partial charge in [0.1, 0.15) is 41.5 Å². The predicted molar refractivity (Wildman–Crippen MR) is 181 cm³/mol. The van der Waals surface area contributed by atoms with Crippen LogP contribution in [-0.4, -0.2) is 67.2 Å². The Morgan fingerprint density at radius 2 is 1.38 bits per heavy atom. The lowest BCUT2D eigenvalue weighted by Crippen LogP contribution is -2.56. The summed E-state index contributed by atoms with van der Waals surface area (Å²) >= 11 is 0. The molecule has 0 bridgehead atoms. The molecule has 0 aromatic carbocycles. The Labute approximate surface area is 279 Å². The Hall–Kier alpha value is -2.60. The number of carbonyl (C=O) groups excluding carboxylic acids is 2. The highest BCUT2D eigenvalue weighted by atomic mass is 31.2. The van der Waals surface area contributed by atoms with Crippen molar-refractivity contribution in [2.45, 2.75) is 150 Å². The van der Waals surface area contributed by atoms with Gasteiger partial charge in [-0.25, -0.2) is 25.1 Å². The first kappa shape index (κ1) is 37.2. The number of nitrogens with one attached hydrogen (secondary N) is 2. The maximum Gasteiger partial charge on any atom is 0.326 e. The number of hydrogen-bond acceptors (Lipinski definition) is 10. The number of rotatable bonds is 17. The molecule has 4 N–H and O–H groups in total. The monoisotopic (exact) mass is 677 g/mol. The van der Waals surface area contributed by atoms with Gasteiger partial charge in [-0.2, -0.15) is 0 Å². The van der Waals surface area contributed by atoms with Crippen molar-refractivity contribution in [3.63, 3.8) is 0 Å². The summed E-state index contributed by atoms with van der Waals surface area (Å²) in [5, 5.41) is 6.06. The van der Waals surface area contributed by atoms with E-state index >= 15 is 0 Å². The molecule has 0 radical (unpaired) electrons. The van der Waals surface area contributed by atoms with E-state index in [1.807, 2.05) is 6.92 Å². The van der Waals surface area contributed by atoms with Crippen molar-refractivity contribution >= 4 is 36.4 Å². The number of hydrogen-bond donors (Lipinski definition) is 3. The Morgan fingerprint density at radius 1 is 0.915 bits per heavy atom. The largest absolute Gasteiger partial charge is 0.461 e. The minimum absolute atomic E-state index is 0.179. The molecule has 0 spiro atoms. The molecule has 264 valence electrons. The Morgan fingerprint density at radius 3 is 1.83 bits per heavy atom. The highest BCUT2D eigenvalue weighted by molar-refractivity contribution is 7.59. The van der Waals surface area contributed by atoms with Gasteiger partial charge in [0.2, 0.25) is 7.44 Å². The third-order valence-electron chi connectivity index (χ3n) is 10.6. The molecule has 0 aliphatic heterocycles. The fourth-order valence-electron chi connectivity index (χ4n) is 6.91. The Kier molecular flexibility index (Phi) is 11.2. The van der Waals surface area contributed by atoms with Crippen molar-refractivity contribution in [2.24, 2.45) is 10.8 Å². The molecule has 2 saturated carbocycles. The summed E-state index contributed by atoms with van der Waals surface area (Å²) in [4.78, 5) is 39.5. The van der Waals surface area contributed by atoms with Gasteiger partial charge in [-0.3, -0.25) is 14.2 Å². The second kappa shape index (κ2) is 14.1. The number of nitrogen functional groups attached to an aromatic ring is 1. The zero-order chi connectivity index (χ0) is 34.8. The number of imidazole rings is 1. The zero-order valence-electron chi connectivity index (χ0n) is 29.7. The summed E-state index contributed by atoms with van der Waals surface area (Å²) < 4.78 is 34.4. The minimum atomic E-state index is -3.81. The van der Waals surface area contributed by atoms with Crippen molar-refractivity contribution in [3.8, 4) is 0 Å². The summed E-state index contributed by atoms with van der Waals surface area (Å²) in [6.45, 7) is 17.3. The lowest BCUT2D eigenvalue weighted by Gasteiger charge is -2.47. The molecule has 2 fully saturated rings. The molecule has 1 atom stereocenters. The molecule has 14 heteroatoms. The Bertz CT molecular complexity index is 1390. The second-order valence-corrected chi connectivity index (χ2v) is 17.1. The zero-order valence-corrected chi connectivity index (χ0v) is 30.6. The van der Waals surface area contributed by atoms with Crippen LogP contribution in [0.4, 0.5) is 5.82 Å². The van der Waals surface area contributed by atoms with Crippen LogP contribution < -0.4 is 15.9 Å². The summed E-state index contributed by atoms with van der Waals surface area (Å²) in [5.74, 6) is -0.742. The van der Waals surface area contributed by atoms with Gasteiger partial charge in [0, 0.05) is 0 Å². The van der Waals surface area contributed by atoms with Gasteiger partial charge in [-0.1, -0.05) is 53.4 Å². The number of aromatic nitrogens is 4. The van der Waals surface area contributed by atoms with Crippen molar-refractivity contribution < 1.29 is 28.4 Å². The smallest absolute Gasteiger partial charge is 0.326 e. The molecule has 2 aliphatic carbocycles. The topological polar surface area (TPSA) is 173 Å². The first-order valence-corrected chi connectivity index (χ1v) is 19.0. The average Bonchev–Trinajstić information content (AvgIpc) is 3.38. The molecule has 2 aromatic heterocycles. The van der Waals surface area contributed by atoms with Crippen LogP contribution in [0.1, 0.15) is 114 Å². The molecule has 0 amide bonds. The molecule has 13 nitrogen and oxygen atoms in total. The Balaban J connectivity index is 1.46. The van der Waals surface area contributed by atoms with Gasteiger partial charge < -0.3 is 24.5 Å². The fraction of sp³-hybridized carbons (Fsp3) is 0.788. The standard InChI is InChI=1S/C33H56N7O6P/c1-10-32(11-2)14-23(15-32)45-28(41)30(6,7)38-47(43,39-31(8,9)29(42)46-24-16-33(12-3,13-4)17-24)21-44-22(5)18-40-20-37-25-26(34)35-19-36-27(25)40/h19-20,22-24H,10-18,21H2,1-9H3,(H2,34,35,36)(H2,38,39,43)/t22-/m1/s1. The van der Waals surface area contributed by atoms with Crippen molar-refractivity contribution in [2.75, 3.05) is 12.1 Å². The van der Waals surface area contributed by atoms with E-state index in [9.17, 15) is 14.2 Å². The summed E-state index contributed by atoms with van der Waals surface area (Å²) in [7, 11) is -3.81. The summed E-state index contributed by atoms with van der Waals surface area (Å²) in [6.07, 6.45) is 9.24. The predicted octanol–water partition coefficient (Wildman–Crippen LogP) is 5.72. The van der Waals surface area contributed by atoms with E-state index in [1.54, 1.807) is 38.6 Å². The van der Waals surface area contributed by atoms with Crippen LogP contribution in [0.25, 0.3) is 11.2 Å². The van der Waals surface area contributed by atoms with Gasteiger partial charge in [-0.15, -0.1) is 0 Å². The maximum absolute atomic E-state index is 14.7. The van der Waals surface area contributed by atoms with E-state index in [1.165, 1.54) is 6.33 Å². The molecule has 47 heavy (non-hydrogen) atoms. The van der Waals surface area contributed by atoms with Crippen molar-refractivity contribution in [3.05, 3.63) is 12.7 Å². The van der Waals surface area contributed by atoms with E-state index < -0.39 is 36.6 Å². The molecular formula is C33H56N7O6P. The number of nitrogens with two attached hydrogens (primary N) is 1. The van der Waals surface area contributed by atoms with Crippen molar-refractivity contribution in [1.82, 2.24) is 29.7 Å². The number of carbonyl (C=O) groups is 2. The average molecular weight is 678 g/mol. The lowest BCUT2D eigenvalue weighted by atomic mass is 9.63. The van der Waals surface area contributed by atoms with E-state index in [2.05, 4.69) is 52.8 Å². The molecule has 2 aromatic rings. The third kappa shape index (κ3) is 8.35. The van der Waals surface area contributed by atoms with Crippen LogP contribution in [-0.2, 0) is 34.9 Å². The minimum Gasteiger partial charge on any atom is -0.461 e. The molecule has 0 unspecified atom stereocenters. The molecule has 2 heterocycles. The van der Waals surface area contributed by atoms with Crippen LogP contribution in [0, 0.1) is 10.8 Å². The number of fused-ring (bicyclic) bond motifs is 1. The molecule has 4 rings (SSSR count). The highest BCUT2D eigenvalue weighted by Gasteiger charge is 2.49. The van der Waals surface area contributed by atoms with E-state index in [4.69, 9.17) is 19.9 Å². The number of nitrogens with zero attached hydrogens (tertiary/aromatic N) is 4. The van der Waals surface area contributed by atoms with Gasteiger partial charge >= 0.3 is 11.9 Å². The second-order valence-electron chi connectivity index (χ2n) is 14.9. The molecule has 0 saturated heterocycles. The SMILES string of the molecule is CCC1(CC)CC(OC(=O)C(C)(C)NP(=O)(CO[C@H](C)Cn2cnc3c(N)ncnc32)NC(C)(C)C(=O)OC2CC(CC)(CC)C2)C1. The van der Waals surface area contributed by atoms with Gasteiger partial charge in [0.25, 0.3) is 0 Å². The maximum atomic E-state index is 14.7. The molecular weight excluding hydrogens is 621 g/mol. The fourth-order valence-corrected chi connectivity index (χ4v) is 9.55. The van der Waals surface area contributed by atoms with E-state index in [0.717, 1.165) is 51.4 Å². The van der Waals surface area contributed by atoms with Crippen LogP contribution in [0.2, 0.25) is 0 Å². The summed E-state index contributed by atoms with van der Waals surface area (Å²) in [6, 6.07) is 0. The third-order valence-corrected chi connectivity index (χ3v) is 12.9. The quantitative estimate of drug-likeness (QED) is 0.137. The normalized spacial score (nSPS) is 19.2. The van der Waals surface area contributed by atoms with Gasteiger partial charge in [0.05, 0.1) is 19.0 Å². The number of ether oxygens (including phenoxy) is 3. The van der Waals surface area contributed by atoms with Crippen molar-refractivity contribution in [1.29, 1.82) is 0 Å². The van der Waals surface area contributed by atoms with Gasteiger partial charge in [0.15, 0.2) is 11.5 Å².